The standard InChI is InChI=1S/C27H31N5O3/c1-28-26(33)21-6-4-5-20(15-21)24-18-32(14-13-31(24)2)27(34)22-7-8-25(35-3)23(16-22)30-17-19-9-11-29-12-10-19/h4-12,15-16,24,30H,13-14,17-18H2,1-3H3,(H,28,33)/t24-/m1/s1. The molecular weight excluding hydrogens is 442 g/mol. The van der Waals surface area contributed by atoms with Crippen LogP contribution in [-0.4, -0.2) is 67.4 Å². The molecule has 4 rings (SSSR count). The van der Waals surface area contributed by atoms with Crippen LogP contribution in [0.3, 0.4) is 0 Å². The van der Waals surface area contributed by atoms with Crippen molar-refractivity contribution in [2.45, 2.75) is 12.6 Å². The molecule has 0 radical (unpaired) electrons. The summed E-state index contributed by atoms with van der Waals surface area (Å²) < 4.78 is 5.50. The van der Waals surface area contributed by atoms with Crippen molar-refractivity contribution in [1.82, 2.24) is 20.1 Å². The maximum absolute atomic E-state index is 13.5. The van der Waals surface area contributed by atoms with E-state index in [4.69, 9.17) is 4.74 Å². The lowest BCUT2D eigenvalue weighted by Crippen LogP contribution is -2.49. The lowest BCUT2D eigenvalue weighted by molar-refractivity contribution is 0.0545. The molecule has 0 unspecified atom stereocenters. The highest BCUT2D eigenvalue weighted by molar-refractivity contribution is 5.96. The molecule has 2 N–H and O–H groups in total. The van der Waals surface area contributed by atoms with Crippen LogP contribution < -0.4 is 15.4 Å². The van der Waals surface area contributed by atoms with Gasteiger partial charge in [-0.15, -0.1) is 0 Å². The van der Waals surface area contributed by atoms with Crippen LogP contribution in [0.15, 0.2) is 67.0 Å². The van der Waals surface area contributed by atoms with Crippen LogP contribution in [0.5, 0.6) is 5.75 Å². The maximum atomic E-state index is 13.5. The van der Waals surface area contributed by atoms with Gasteiger partial charge in [0.05, 0.1) is 18.8 Å². The van der Waals surface area contributed by atoms with Gasteiger partial charge in [0.25, 0.3) is 11.8 Å². The highest BCUT2D eigenvalue weighted by Crippen LogP contribution is 2.29. The number of carbonyl (C=O) groups is 2. The summed E-state index contributed by atoms with van der Waals surface area (Å²) in [5.41, 5.74) is 4.08. The Kier molecular flexibility index (Phi) is 7.62. The summed E-state index contributed by atoms with van der Waals surface area (Å²) in [6.45, 7) is 2.50. The van der Waals surface area contributed by atoms with Crippen LogP contribution in [0, 0.1) is 0 Å². The topological polar surface area (TPSA) is 86.8 Å². The van der Waals surface area contributed by atoms with E-state index in [2.05, 4.69) is 20.5 Å². The van der Waals surface area contributed by atoms with E-state index in [1.54, 1.807) is 38.7 Å². The molecule has 182 valence electrons. The molecule has 1 saturated heterocycles. The summed E-state index contributed by atoms with van der Waals surface area (Å²) in [5.74, 6) is 0.529. The first-order valence-electron chi connectivity index (χ1n) is 11.6. The first-order chi connectivity index (χ1) is 17.0. The molecule has 3 aromatic rings. The Bertz CT molecular complexity index is 1180. The van der Waals surface area contributed by atoms with E-state index in [0.29, 0.717) is 36.5 Å². The first-order valence-corrected chi connectivity index (χ1v) is 11.6. The third-order valence-corrected chi connectivity index (χ3v) is 6.37. The Hall–Kier alpha value is -3.91. The van der Waals surface area contributed by atoms with Gasteiger partial charge in [-0.2, -0.15) is 0 Å². The number of likely N-dealkylation sites (N-methyl/N-ethyl adjacent to an activating group) is 1. The summed E-state index contributed by atoms with van der Waals surface area (Å²) >= 11 is 0. The zero-order chi connectivity index (χ0) is 24.8. The zero-order valence-electron chi connectivity index (χ0n) is 20.3. The average molecular weight is 474 g/mol. The lowest BCUT2D eigenvalue weighted by atomic mass is 9.99. The largest absolute Gasteiger partial charge is 0.495 e. The third-order valence-electron chi connectivity index (χ3n) is 6.37. The molecule has 8 heteroatoms. The van der Waals surface area contributed by atoms with Gasteiger partial charge in [-0.05, 0) is 60.6 Å². The quantitative estimate of drug-likeness (QED) is 0.548. The number of ether oxygens (including phenoxy) is 1. The number of benzene rings is 2. The summed E-state index contributed by atoms with van der Waals surface area (Å²) in [6.07, 6.45) is 3.50. The van der Waals surface area contributed by atoms with Crippen molar-refractivity contribution in [2.24, 2.45) is 0 Å². The number of pyridine rings is 1. The van der Waals surface area contributed by atoms with Gasteiger partial charge < -0.3 is 20.3 Å². The fourth-order valence-corrected chi connectivity index (χ4v) is 4.31. The molecule has 1 atom stereocenters. The Labute approximate surface area is 205 Å². The third kappa shape index (κ3) is 5.60. The number of methoxy groups -OCH3 is 1. The molecule has 2 aromatic carbocycles. The molecule has 1 aliphatic rings. The molecule has 0 bridgehead atoms. The van der Waals surface area contributed by atoms with Crippen molar-refractivity contribution in [3.63, 3.8) is 0 Å². The Morgan fingerprint density at radius 3 is 2.60 bits per heavy atom. The SMILES string of the molecule is CNC(=O)c1cccc([C@H]2CN(C(=O)c3ccc(OC)c(NCc4ccncc4)c3)CCN2C)c1. The predicted octanol–water partition coefficient (Wildman–Crippen LogP) is 3.19. The van der Waals surface area contributed by atoms with E-state index < -0.39 is 0 Å². The van der Waals surface area contributed by atoms with Gasteiger partial charge in [0, 0.05) is 56.7 Å². The van der Waals surface area contributed by atoms with Crippen molar-refractivity contribution in [3.8, 4) is 5.75 Å². The van der Waals surface area contributed by atoms with E-state index in [1.807, 2.05) is 54.4 Å². The number of nitrogens with zero attached hydrogens (tertiary/aromatic N) is 3. The monoisotopic (exact) mass is 473 g/mol. The van der Waals surface area contributed by atoms with Gasteiger partial charge >= 0.3 is 0 Å². The fourth-order valence-electron chi connectivity index (χ4n) is 4.31. The van der Waals surface area contributed by atoms with Crippen LogP contribution in [-0.2, 0) is 6.54 Å². The minimum absolute atomic E-state index is 0.000148. The summed E-state index contributed by atoms with van der Waals surface area (Å²) in [7, 11) is 5.29. The van der Waals surface area contributed by atoms with Crippen molar-refractivity contribution in [2.75, 3.05) is 46.2 Å². The molecule has 1 aromatic heterocycles. The first kappa shape index (κ1) is 24.2. The highest BCUT2D eigenvalue weighted by Gasteiger charge is 2.29. The fraction of sp³-hybridized carbons (Fsp3) is 0.296. The Morgan fingerprint density at radius 2 is 1.86 bits per heavy atom. The number of carbonyl (C=O) groups excluding carboxylic acids is 2. The molecule has 1 aliphatic heterocycles. The lowest BCUT2D eigenvalue weighted by Gasteiger charge is -2.40. The van der Waals surface area contributed by atoms with E-state index >= 15 is 0 Å². The number of nitrogens with one attached hydrogen (secondary N) is 2. The second-order valence-electron chi connectivity index (χ2n) is 8.58. The van der Waals surface area contributed by atoms with E-state index in [1.165, 1.54) is 0 Å². The molecule has 1 fully saturated rings. The average Bonchev–Trinajstić information content (AvgIpc) is 2.91. The highest BCUT2D eigenvalue weighted by atomic mass is 16.5. The number of aromatic nitrogens is 1. The molecule has 2 heterocycles. The van der Waals surface area contributed by atoms with Crippen LogP contribution in [0.1, 0.15) is 37.9 Å². The van der Waals surface area contributed by atoms with E-state index in [-0.39, 0.29) is 17.9 Å². The summed E-state index contributed by atoms with van der Waals surface area (Å²) in [6, 6.07) is 17.0. The molecule has 8 nitrogen and oxygen atoms in total. The number of rotatable bonds is 7. The maximum Gasteiger partial charge on any atom is 0.254 e. The molecular formula is C27H31N5O3. The molecule has 35 heavy (non-hydrogen) atoms. The minimum Gasteiger partial charge on any atom is -0.495 e. The molecule has 2 amide bonds. The van der Waals surface area contributed by atoms with Crippen LogP contribution >= 0.6 is 0 Å². The van der Waals surface area contributed by atoms with Gasteiger partial charge in [0.15, 0.2) is 0 Å². The second kappa shape index (κ2) is 11.0. The van der Waals surface area contributed by atoms with Crippen LogP contribution in [0.4, 0.5) is 5.69 Å². The second-order valence-corrected chi connectivity index (χ2v) is 8.58. The van der Waals surface area contributed by atoms with E-state index in [0.717, 1.165) is 23.4 Å². The van der Waals surface area contributed by atoms with Crippen LogP contribution in [0.2, 0.25) is 0 Å². The predicted molar refractivity (Wildman–Crippen MR) is 136 cm³/mol. The smallest absolute Gasteiger partial charge is 0.254 e. The van der Waals surface area contributed by atoms with Crippen molar-refractivity contribution >= 4 is 17.5 Å². The van der Waals surface area contributed by atoms with E-state index in [9.17, 15) is 9.59 Å². The van der Waals surface area contributed by atoms with Crippen LogP contribution in [0.25, 0.3) is 0 Å². The molecule has 0 aliphatic carbocycles. The van der Waals surface area contributed by atoms with Crippen molar-refractivity contribution in [3.05, 3.63) is 89.2 Å². The Balaban J connectivity index is 1.52. The molecule has 0 saturated carbocycles. The number of amides is 2. The Morgan fingerprint density at radius 1 is 1.06 bits per heavy atom. The van der Waals surface area contributed by atoms with Gasteiger partial charge in [0.1, 0.15) is 5.75 Å². The van der Waals surface area contributed by atoms with Gasteiger partial charge in [-0.25, -0.2) is 0 Å². The van der Waals surface area contributed by atoms with Crippen molar-refractivity contribution < 1.29 is 14.3 Å². The van der Waals surface area contributed by atoms with Gasteiger partial charge in [0.2, 0.25) is 0 Å². The van der Waals surface area contributed by atoms with Gasteiger partial charge in [-0.3, -0.25) is 19.5 Å². The number of hydrogen-bond donors (Lipinski definition) is 2. The number of anilines is 1. The summed E-state index contributed by atoms with van der Waals surface area (Å²) in [5, 5.41) is 6.04. The normalized spacial score (nSPS) is 16.0. The number of piperazine rings is 1. The van der Waals surface area contributed by atoms with Gasteiger partial charge in [-0.1, -0.05) is 12.1 Å². The number of hydrogen-bond acceptors (Lipinski definition) is 6. The zero-order valence-corrected chi connectivity index (χ0v) is 20.3. The summed E-state index contributed by atoms with van der Waals surface area (Å²) in [4.78, 5) is 33.8. The minimum atomic E-state index is -0.122. The van der Waals surface area contributed by atoms with Crippen molar-refractivity contribution in [1.29, 1.82) is 0 Å². The molecule has 0 spiro atoms.